The van der Waals surface area contributed by atoms with Crippen LogP contribution in [-0.4, -0.2) is 30.0 Å². The van der Waals surface area contributed by atoms with Crippen molar-refractivity contribution >= 4 is 30.4 Å². The molecule has 1 unspecified atom stereocenters. The zero-order valence-corrected chi connectivity index (χ0v) is 12.0. The van der Waals surface area contributed by atoms with Crippen LogP contribution in [0.25, 0.3) is 0 Å². The molecular formula is C13H14F2N2O3S. The molecule has 0 bridgehead atoms. The van der Waals surface area contributed by atoms with E-state index < -0.39 is 23.7 Å². The summed E-state index contributed by atoms with van der Waals surface area (Å²) < 4.78 is 25.9. The molecule has 0 aliphatic heterocycles. The molecule has 0 saturated heterocycles. The van der Waals surface area contributed by atoms with Gasteiger partial charge in [-0.05, 0) is 25.0 Å². The van der Waals surface area contributed by atoms with Crippen LogP contribution >= 0.6 is 12.1 Å². The van der Waals surface area contributed by atoms with Crippen LogP contribution in [0.2, 0.25) is 0 Å². The van der Waals surface area contributed by atoms with Crippen molar-refractivity contribution in [3.63, 3.8) is 0 Å². The first kappa shape index (κ1) is 17.1. The van der Waals surface area contributed by atoms with Gasteiger partial charge in [-0.25, -0.2) is 4.39 Å². The molecule has 0 spiro atoms. The summed E-state index contributed by atoms with van der Waals surface area (Å²) in [7, 11) is 0. The van der Waals surface area contributed by atoms with Crippen molar-refractivity contribution in [2.24, 2.45) is 0 Å². The molecule has 1 aromatic rings. The highest BCUT2D eigenvalue weighted by atomic mass is 32.2. The summed E-state index contributed by atoms with van der Waals surface area (Å²) in [5, 5.41) is 4.17. The lowest BCUT2D eigenvalue weighted by molar-refractivity contribution is -0.126. The van der Waals surface area contributed by atoms with E-state index in [4.69, 9.17) is 0 Å². The molecule has 1 rings (SSSR count). The van der Waals surface area contributed by atoms with Gasteiger partial charge in [-0.15, -0.1) is 0 Å². The van der Waals surface area contributed by atoms with Gasteiger partial charge in [0.1, 0.15) is 11.9 Å². The second-order valence-corrected chi connectivity index (χ2v) is 4.82. The van der Waals surface area contributed by atoms with Gasteiger partial charge < -0.3 is 5.32 Å². The Morgan fingerprint density at radius 3 is 2.76 bits per heavy atom. The summed E-state index contributed by atoms with van der Waals surface area (Å²) >= 11 is 0.000243. The van der Waals surface area contributed by atoms with Crippen molar-refractivity contribution in [2.75, 3.05) is 5.75 Å². The average molecular weight is 316 g/mol. The molecule has 2 N–H and O–H groups in total. The average Bonchev–Trinajstić information content (AvgIpc) is 2.46. The normalized spacial score (nSPS) is 11.6. The predicted octanol–water partition coefficient (Wildman–Crippen LogP) is 1.51. The largest absolute Gasteiger partial charge is 0.340 e. The van der Waals surface area contributed by atoms with Gasteiger partial charge in [0.15, 0.2) is 0 Å². The third-order valence-corrected chi connectivity index (χ3v) is 3.13. The topological polar surface area (TPSA) is 75.3 Å². The highest BCUT2D eigenvalue weighted by Crippen LogP contribution is 2.13. The van der Waals surface area contributed by atoms with E-state index in [1.807, 2.05) is 5.32 Å². The minimum absolute atomic E-state index is 0.000243. The minimum atomic E-state index is -1.12. The number of carbonyl (C=O) groups is 3. The van der Waals surface area contributed by atoms with Crippen LogP contribution in [-0.2, 0) is 9.59 Å². The van der Waals surface area contributed by atoms with Crippen molar-refractivity contribution in [2.45, 2.75) is 19.4 Å². The summed E-state index contributed by atoms with van der Waals surface area (Å²) in [6.07, 6.45) is 0.136. The van der Waals surface area contributed by atoms with E-state index in [1.165, 1.54) is 25.1 Å². The quantitative estimate of drug-likeness (QED) is 0.748. The Morgan fingerprint density at radius 2 is 2.14 bits per heavy atom. The van der Waals surface area contributed by atoms with Gasteiger partial charge in [0.25, 0.3) is 5.91 Å². The molecule has 0 radical (unpaired) electrons. The third kappa shape index (κ3) is 4.82. The Bertz CT molecular complexity index is 540. The van der Waals surface area contributed by atoms with E-state index >= 15 is 0 Å². The molecule has 0 saturated carbocycles. The Kier molecular flexibility index (Phi) is 6.80. The smallest absolute Gasteiger partial charge is 0.254 e. The number of aryl methyl sites for hydroxylation is 1. The summed E-state index contributed by atoms with van der Waals surface area (Å²) in [5.41, 5.74) is 0.0719. The molecule has 21 heavy (non-hydrogen) atoms. The zero-order valence-electron chi connectivity index (χ0n) is 11.2. The van der Waals surface area contributed by atoms with Gasteiger partial charge in [-0.2, -0.15) is 3.89 Å². The van der Waals surface area contributed by atoms with Gasteiger partial charge in [-0.3, -0.25) is 19.7 Å². The Labute approximate surface area is 124 Å². The summed E-state index contributed by atoms with van der Waals surface area (Å²) in [4.78, 5) is 33.8. The van der Waals surface area contributed by atoms with E-state index in [1.54, 1.807) is 0 Å². The lowest BCUT2D eigenvalue weighted by atomic mass is 10.1. The number of rotatable bonds is 7. The molecule has 1 atom stereocenters. The first-order valence-electron chi connectivity index (χ1n) is 6.04. The van der Waals surface area contributed by atoms with Gasteiger partial charge >= 0.3 is 0 Å². The standard InChI is InChI=1S/C13H14F2N2O3S/c1-8-3-2-4-9(11(8)14)12(19)17-10(5-6-21-15)13(20)16-7-18/h2-4,7,10H,5-6H2,1H3,(H,17,19)(H,16,18,20). The van der Waals surface area contributed by atoms with E-state index in [-0.39, 0.29) is 41.9 Å². The molecule has 0 heterocycles. The lowest BCUT2D eigenvalue weighted by Crippen LogP contribution is -2.46. The van der Waals surface area contributed by atoms with E-state index in [2.05, 4.69) is 5.32 Å². The van der Waals surface area contributed by atoms with E-state index in [0.29, 0.717) is 0 Å². The maximum atomic E-state index is 13.8. The second-order valence-electron chi connectivity index (χ2n) is 4.19. The molecular weight excluding hydrogens is 302 g/mol. The lowest BCUT2D eigenvalue weighted by Gasteiger charge is -2.16. The summed E-state index contributed by atoms with van der Waals surface area (Å²) in [5.74, 6) is -2.32. The van der Waals surface area contributed by atoms with Crippen LogP contribution in [0.1, 0.15) is 22.3 Å². The number of nitrogens with one attached hydrogen (secondary N) is 2. The zero-order chi connectivity index (χ0) is 15.8. The van der Waals surface area contributed by atoms with Crippen molar-refractivity contribution in [1.82, 2.24) is 10.6 Å². The van der Waals surface area contributed by atoms with Crippen LogP contribution in [0.15, 0.2) is 18.2 Å². The molecule has 1 aromatic carbocycles. The first-order chi connectivity index (χ1) is 10.0. The summed E-state index contributed by atoms with van der Waals surface area (Å²) in [6.45, 7) is 1.50. The van der Waals surface area contributed by atoms with Crippen LogP contribution < -0.4 is 10.6 Å². The Hall–Kier alpha value is -1.96. The van der Waals surface area contributed by atoms with Gasteiger partial charge in [-0.1, -0.05) is 12.1 Å². The predicted molar refractivity (Wildman–Crippen MR) is 74.8 cm³/mol. The maximum absolute atomic E-state index is 13.8. The van der Waals surface area contributed by atoms with E-state index in [0.717, 1.165) is 0 Å². The number of hydrogen-bond acceptors (Lipinski definition) is 4. The van der Waals surface area contributed by atoms with Crippen molar-refractivity contribution < 1.29 is 22.7 Å². The monoisotopic (exact) mass is 316 g/mol. The van der Waals surface area contributed by atoms with Crippen molar-refractivity contribution in [3.05, 3.63) is 35.1 Å². The Morgan fingerprint density at radius 1 is 1.43 bits per heavy atom. The molecule has 5 nitrogen and oxygen atoms in total. The summed E-state index contributed by atoms with van der Waals surface area (Å²) in [6, 6.07) is 3.16. The maximum Gasteiger partial charge on any atom is 0.254 e. The SMILES string of the molecule is Cc1cccc(C(=O)NC(CCSF)C(=O)NC=O)c1F. The first-order valence-corrected chi connectivity index (χ1v) is 6.93. The highest BCUT2D eigenvalue weighted by Gasteiger charge is 2.22. The van der Waals surface area contributed by atoms with Crippen molar-refractivity contribution in [1.29, 1.82) is 0 Å². The fourth-order valence-electron chi connectivity index (χ4n) is 1.65. The molecule has 0 aromatic heterocycles. The number of carbonyl (C=O) groups excluding carboxylic acids is 3. The van der Waals surface area contributed by atoms with Crippen LogP contribution in [0.4, 0.5) is 8.28 Å². The third-order valence-electron chi connectivity index (χ3n) is 2.74. The molecule has 8 heteroatoms. The number of halogens is 2. The number of hydrogen-bond donors (Lipinski definition) is 2. The van der Waals surface area contributed by atoms with Gasteiger partial charge in [0, 0.05) is 17.9 Å². The second kappa shape index (κ2) is 8.35. The van der Waals surface area contributed by atoms with Crippen LogP contribution in [0, 0.1) is 12.7 Å². The Balaban J connectivity index is 2.86. The van der Waals surface area contributed by atoms with Crippen LogP contribution in [0.5, 0.6) is 0 Å². The van der Waals surface area contributed by atoms with Gasteiger partial charge in [0.05, 0.1) is 5.56 Å². The number of benzene rings is 1. The van der Waals surface area contributed by atoms with Crippen LogP contribution in [0.3, 0.4) is 0 Å². The number of amides is 3. The molecule has 0 fully saturated rings. The number of imide groups is 1. The highest BCUT2D eigenvalue weighted by molar-refractivity contribution is 7.94. The van der Waals surface area contributed by atoms with Gasteiger partial charge in [0.2, 0.25) is 12.3 Å². The molecule has 3 amide bonds. The molecule has 114 valence electrons. The molecule has 0 aliphatic rings. The molecule has 0 aliphatic carbocycles. The fourth-order valence-corrected chi connectivity index (χ4v) is 1.97. The van der Waals surface area contributed by atoms with E-state index in [9.17, 15) is 22.7 Å². The minimum Gasteiger partial charge on any atom is -0.340 e. The van der Waals surface area contributed by atoms with Crippen molar-refractivity contribution in [3.8, 4) is 0 Å². The fraction of sp³-hybridized carbons (Fsp3) is 0.308.